The van der Waals surface area contributed by atoms with Gasteiger partial charge in [-0.3, -0.25) is 10.1 Å². The van der Waals surface area contributed by atoms with E-state index < -0.39 is 11.5 Å². The lowest BCUT2D eigenvalue weighted by atomic mass is 9.90. The number of carboxylic acids is 1. The zero-order valence-corrected chi connectivity index (χ0v) is 12.6. The van der Waals surface area contributed by atoms with E-state index >= 15 is 0 Å². The maximum Gasteiger partial charge on any atom is 0.323 e. The molecule has 4 heteroatoms. The van der Waals surface area contributed by atoms with E-state index in [-0.39, 0.29) is 6.04 Å². The fourth-order valence-corrected chi connectivity index (χ4v) is 2.70. The standard InChI is InChI=1S/C13H27NO2S/c1-6-13(12(15)16,14-10(2)3)8-7-9-17-11(4)5/h10-11,14H,6-9H2,1-5H3,(H,15,16). The molecule has 0 aromatic heterocycles. The normalized spacial score (nSPS) is 15.2. The predicted molar refractivity (Wildman–Crippen MR) is 75.8 cm³/mol. The van der Waals surface area contributed by atoms with Crippen LogP contribution in [0.15, 0.2) is 0 Å². The minimum absolute atomic E-state index is 0.198. The van der Waals surface area contributed by atoms with Crippen molar-refractivity contribution in [3.8, 4) is 0 Å². The van der Waals surface area contributed by atoms with Crippen LogP contribution in [-0.2, 0) is 4.79 Å². The summed E-state index contributed by atoms with van der Waals surface area (Å²) in [6.45, 7) is 10.3. The number of hydrogen-bond donors (Lipinski definition) is 2. The van der Waals surface area contributed by atoms with Gasteiger partial charge in [0.25, 0.3) is 0 Å². The monoisotopic (exact) mass is 261 g/mol. The summed E-state index contributed by atoms with van der Waals surface area (Å²) >= 11 is 1.89. The first-order valence-corrected chi connectivity index (χ1v) is 7.51. The summed E-state index contributed by atoms with van der Waals surface area (Å²) in [5.74, 6) is 0.315. The summed E-state index contributed by atoms with van der Waals surface area (Å²) < 4.78 is 0. The van der Waals surface area contributed by atoms with Gasteiger partial charge in [-0.1, -0.05) is 20.8 Å². The molecule has 0 aliphatic carbocycles. The third-order valence-corrected chi connectivity index (χ3v) is 3.97. The fraction of sp³-hybridized carbons (Fsp3) is 0.923. The Balaban J connectivity index is 4.33. The van der Waals surface area contributed by atoms with Crippen LogP contribution in [0, 0.1) is 0 Å². The molecule has 2 N–H and O–H groups in total. The van der Waals surface area contributed by atoms with Gasteiger partial charge in [-0.25, -0.2) is 0 Å². The summed E-state index contributed by atoms with van der Waals surface area (Å²) in [4.78, 5) is 11.4. The van der Waals surface area contributed by atoms with E-state index in [2.05, 4.69) is 19.2 Å². The molecule has 0 rings (SSSR count). The number of carbonyl (C=O) groups is 1. The molecule has 0 aromatic rings. The number of aliphatic carboxylic acids is 1. The molecule has 0 amide bonds. The van der Waals surface area contributed by atoms with E-state index in [0.29, 0.717) is 18.1 Å². The van der Waals surface area contributed by atoms with Crippen LogP contribution in [0.5, 0.6) is 0 Å². The second-order valence-electron chi connectivity index (χ2n) is 5.06. The SMILES string of the molecule is CCC(CCCSC(C)C)(NC(C)C)C(=O)O. The van der Waals surface area contributed by atoms with Gasteiger partial charge in [0.1, 0.15) is 5.54 Å². The van der Waals surface area contributed by atoms with Gasteiger partial charge in [-0.05, 0) is 44.1 Å². The molecule has 0 spiro atoms. The average Bonchev–Trinajstić information content (AvgIpc) is 2.21. The number of thioether (sulfide) groups is 1. The topological polar surface area (TPSA) is 49.3 Å². The van der Waals surface area contributed by atoms with Crippen LogP contribution in [-0.4, -0.2) is 33.7 Å². The molecule has 1 unspecified atom stereocenters. The highest BCUT2D eigenvalue weighted by Gasteiger charge is 2.36. The third-order valence-electron chi connectivity index (χ3n) is 2.78. The third kappa shape index (κ3) is 6.32. The van der Waals surface area contributed by atoms with Gasteiger partial charge in [0.05, 0.1) is 0 Å². The molecule has 0 aliphatic rings. The van der Waals surface area contributed by atoms with Crippen LogP contribution in [0.4, 0.5) is 0 Å². The molecule has 0 aliphatic heterocycles. The number of carboxylic acid groups (broad SMARTS) is 1. The maximum absolute atomic E-state index is 11.4. The zero-order chi connectivity index (χ0) is 13.5. The van der Waals surface area contributed by atoms with Gasteiger partial charge in [0.2, 0.25) is 0 Å². The first kappa shape index (κ1) is 16.8. The lowest BCUT2D eigenvalue weighted by Crippen LogP contribution is -2.54. The van der Waals surface area contributed by atoms with Gasteiger partial charge in [0, 0.05) is 6.04 Å². The summed E-state index contributed by atoms with van der Waals surface area (Å²) in [5, 5.41) is 13.3. The molecule has 0 heterocycles. The summed E-state index contributed by atoms with van der Waals surface area (Å²) in [6.07, 6.45) is 2.28. The van der Waals surface area contributed by atoms with E-state index in [1.807, 2.05) is 32.5 Å². The largest absolute Gasteiger partial charge is 0.480 e. The van der Waals surface area contributed by atoms with Crippen molar-refractivity contribution in [2.75, 3.05) is 5.75 Å². The van der Waals surface area contributed by atoms with E-state index in [4.69, 9.17) is 0 Å². The van der Waals surface area contributed by atoms with Gasteiger partial charge >= 0.3 is 5.97 Å². The van der Waals surface area contributed by atoms with Gasteiger partial charge < -0.3 is 5.11 Å². The van der Waals surface area contributed by atoms with Crippen LogP contribution < -0.4 is 5.32 Å². The number of rotatable bonds is 9. The van der Waals surface area contributed by atoms with Crippen molar-refractivity contribution >= 4 is 17.7 Å². The van der Waals surface area contributed by atoms with Crippen molar-refractivity contribution in [1.29, 1.82) is 0 Å². The molecule has 0 aromatic carbocycles. The van der Waals surface area contributed by atoms with Crippen molar-refractivity contribution in [1.82, 2.24) is 5.32 Å². The molecule has 1 atom stereocenters. The Morgan fingerprint density at radius 1 is 1.35 bits per heavy atom. The lowest BCUT2D eigenvalue weighted by Gasteiger charge is -2.31. The van der Waals surface area contributed by atoms with Crippen LogP contribution in [0.1, 0.15) is 53.9 Å². The minimum atomic E-state index is -0.744. The smallest absolute Gasteiger partial charge is 0.323 e. The Morgan fingerprint density at radius 2 is 1.94 bits per heavy atom. The second kappa shape index (κ2) is 7.98. The summed E-state index contributed by atoms with van der Waals surface area (Å²) in [7, 11) is 0. The lowest BCUT2D eigenvalue weighted by molar-refractivity contribution is -0.145. The highest BCUT2D eigenvalue weighted by atomic mass is 32.2. The highest BCUT2D eigenvalue weighted by Crippen LogP contribution is 2.21. The molecule has 0 fully saturated rings. The Morgan fingerprint density at radius 3 is 2.29 bits per heavy atom. The first-order valence-electron chi connectivity index (χ1n) is 6.46. The zero-order valence-electron chi connectivity index (χ0n) is 11.7. The maximum atomic E-state index is 11.4. The predicted octanol–water partition coefficient (Wildman–Crippen LogP) is 3.14. The first-order chi connectivity index (χ1) is 7.84. The Hall–Kier alpha value is -0.220. The van der Waals surface area contributed by atoms with Crippen molar-refractivity contribution in [2.45, 2.75) is 70.7 Å². The molecule has 17 heavy (non-hydrogen) atoms. The quantitative estimate of drug-likeness (QED) is 0.626. The fourth-order valence-electron chi connectivity index (χ4n) is 1.92. The van der Waals surface area contributed by atoms with Crippen LogP contribution in [0.25, 0.3) is 0 Å². The number of nitrogens with one attached hydrogen (secondary N) is 1. The Labute approximate surface area is 110 Å². The van der Waals surface area contributed by atoms with Crippen LogP contribution >= 0.6 is 11.8 Å². The molecule has 102 valence electrons. The number of hydrogen-bond acceptors (Lipinski definition) is 3. The molecular formula is C13H27NO2S. The van der Waals surface area contributed by atoms with Crippen molar-refractivity contribution in [3.63, 3.8) is 0 Å². The Kier molecular flexibility index (Phi) is 7.88. The van der Waals surface area contributed by atoms with E-state index in [9.17, 15) is 9.90 Å². The van der Waals surface area contributed by atoms with Crippen LogP contribution in [0.2, 0.25) is 0 Å². The highest BCUT2D eigenvalue weighted by molar-refractivity contribution is 7.99. The van der Waals surface area contributed by atoms with Crippen molar-refractivity contribution < 1.29 is 9.90 Å². The summed E-state index contributed by atoms with van der Waals surface area (Å²) in [6, 6.07) is 0.198. The van der Waals surface area contributed by atoms with E-state index in [1.165, 1.54) is 0 Å². The van der Waals surface area contributed by atoms with Gasteiger partial charge in [-0.2, -0.15) is 11.8 Å². The molecule has 3 nitrogen and oxygen atoms in total. The molecule has 0 saturated heterocycles. The molecular weight excluding hydrogens is 234 g/mol. The minimum Gasteiger partial charge on any atom is -0.480 e. The average molecular weight is 261 g/mol. The van der Waals surface area contributed by atoms with Crippen LogP contribution in [0.3, 0.4) is 0 Å². The summed E-state index contributed by atoms with van der Waals surface area (Å²) in [5.41, 5.74) is -0.744. The van der Waals surface area contributed by atoms with Crippen molar-refractivity contribution in [3.05, 3.63) is 0 Å². The van der Waals surface area contributed by atoms with E-state index in [0.717, 1.165) is 12.2 Å². The Bertz CT molecular complexity index is 231. The molecule has 0 bridgehead atoms. The second-order valence-corrected chi connectivity index (χ2v) is 6.75. The van der Waals surface area contributed by atoms with Gasteiger partial charge in [0.15, 0.2) is 0 Å². The molecule has 0 saturated carbocycles. The van der Waals surface area contributed by atoms with E-state index in [1.54, 1.807) is 0 Å². The van der Waals surface area contributed by atoms with Gasteiger partial charge in [-0.15, -0.1) is 0 Å². The molecule has 0 radical (unpaired) electrons. The van der Waals surface area contributed by atoms with Crippen molar-refractivity contribution in [2.24, 2.45) is 0 Å².